The highest BCUT2D eigenvalue weighted by Gasteiger charge is 2.30. The van der Waals surface area contributed by atoms with E-state index in [1.807, 2.05) is 0 Å². The van der Waals surface area contributed by atoms with E-state index in [0.29, 0.717) is 19.5 Å². The van der Waals surface area contributed by atoms with Crippen LogP contribution in [0, 0.1) is 0 Å². The minimum atomic E-state index is -3.17. The van der Waals surface area contributed by atoms with Gasteiger partial charge in [-0.1, -0.05) is 0 Å². The van der Waals surface area contributed by atoms with Gasteiger partial charge in [0.05, 0.1) is 6.26 Å². The van der Waals surface area contributed by atoms with Gasteiger partial charge in [0.25, 0.3) is 0 Å². The minimum Gasteiger partial charge on any atom is -0.444 e. The summed E-state index contributed by atoms with van der Waals surface area (Å²) >= 11 is 0. The Morgan fingerprint density at radius 2 is 2.00 bits per heavy atom. The SMILES string of the molecule is CC(C)(C)OC(=O)N[C@@H]1CCN(S(C)(=O)=O)C1. The zero-order valence-electron chi connectivity index (χ0n) is 10.7. The first-order valence-electron chi connectivity index (χ1n) is 5.52. The number of hydrogen-bond acceptors (Lipinski definition) is 4. The molecule has 0 aromatic heterocycles. The van der Waals surface area contributed by atoms with E-state index in [0.717, 1.165) is 0 Å². The van der Waals surface area contributed by atoms with Gasteiger partial charge in [0.2, 0.25) is 10.0 Å². The molecular formula is C10H20N2O4S. The van der Waals surface area contributed by atoms with Gasteiger partial charge in [0.1, 0.15) is 5.60 Å². The van der Waals surface area contributed by atoms with Crippen molar-refractivity contribution in [1.82, 2.24) is 9.62 Å². The van der Waals surface area contributed by atoms with Crippen molar-refractivity contribution in [1.29, 1.82) is 0 Å². The Morgan fingerprint density at radius 3 is 2.41 bits per heavy atom. The first-order valence-corrected chi connectivity index (χ1v) is 7.37. The second kappa shape index (κ2) is 4.81. The number of nitrogens with one attached hydrogen (secondary N) is 1. The molecule has 0 spiro atoms. The molecule has 1 heterocycles. The predicted octanol–water partition coefficient (Wildman–Crippen LogP) is 0.545. The molecule has 1 saturated heterocycles. The lowest BCUT2D eigenvalue weighted by atomic mass is 10.2. The van der Waals surface area contributed by atoms with Gasteiger partial charge in [-0.25, -0.2) is 17.5 Å². The molecule has 1 rings (SSSR count). The van der Waals surface area contributed by atoms with Crippen LogP contribution in [0.4, 0.5) is 4.79 Å². The molecule has 0 radical (unpaired) electrons. The summed E-state index contributed by atoms with van der Waals surface area (Å²) in [7, 11) is -3.17. The topological polar surface area (TPSA) is 75.7 Å². The maximum atomic E-state index is 11.5. The summed E-state index contributed by atoms with van der Waals surface area (Å²) in [6.07, 6.45) is 1.28. The Balaban J connectivity index is 2.44. The van der Waals surface area contributed by atoms with Crippen LogP contribution < -0.4 is 5.32 Å². The lowest BCUT2D eigenvalue weighted by molar-refractivity contribution is 0.0507. The summed E-state index contributed by atoms with van der Waals surface area (Å²) in [5, 5.41) is 2.67. The van der Waals surface area contributed by atoms with Crippen LogP contribution in [0.5, 0.6) is 0 Å². The van der Waals surface area contributed by atoms with E-state index in [4.69, 9.17) is 4.74 Å². The highest BCUT2D eigenvalue weighted by Crippen LogP contribution is 2.13. The number of carbonyl (C=O) groups is 1. The fourth-order valence-electron chi connectivity index (χ4n) is 1.62. The van der Waals surface area contributed by atoms with E-state index in [1.165, 1.54) is 10.6 Å². The first-order chi connectivity index (χ1) is 7.58. The molecule has 0 aromatic carbocycles. The van der Waals surface area contributed by atoms with Gasteiger partial charge in [0, 0.05) is 19.1 Å². The number of rotatable bonds is 2. The second-order valence-corrected chi connectivity index (χ2v) is 7.24. The lowest BCUT2D eigenvalue weighted by Crippen LogP contribution is -2.41. The summed E-state index contributed by atoms with van der Waals surface area (Å²) in [5.41, 5.74) is -0.542. The molecule has 1 aliphatic heterocycles. The van der Waals surface area contributed by atoms with Crippen LogP contribution in [-0.2, 0) is 14.8 Å². The molecule has 0 saturated carbocycles. The third-order valence-electron chi connectivity index (χ3n) is 2.34. The van der Waals surface area contributed by atoms with E-state index in [2.05, 4.69) is 5.32 Å². The Morgan fingerprint density at radius 1 is 1.41 bits per heavy atom. The van der Waals surface area contributed by atoms with E-state index in [-0.39, 0.29) is 6.04 Å². The zero-order chi connectivity index (χ0) is 13.3. The molecule has 7 heteroatoms. The molecular weight excluding hydrogens is 244 g/mol. The number of amides is 1. The van der Waals surface area contributed by atoms with Crippen LogP contribution in [-0.4, -0.2) is 49.8 Å². The molecule has 1 amide bonds. The summed E-state index contributed by atoms with van der Waals surface area (Å²) in [6.45, 7) is 6.11. The molecule has 1 N–H and O–H groups in total. The van der Waals surface area contributed by atoms with E-state index < -0.39 is 21.7 Å². The third kappa shape index (κ3) is 4.91. The van der Waals surface area contributed by atoms with Gasteiger partial charge in [-0.15, -0.1) is 0 Å². The van der Waals surface area contributed by atoms with Gasteiger partial charge in [0.15, 0.2) is 0 Å². The third-order valence-corrected chi connectivity index (χ3v) is 3.61. The molecule has 0 bridgehead atoms. The number of carbonyl (C=O) groups excluding carboxylic acids is 1. The molecule has 17 heavy (non-hydrogen) atoms. The summed E-state index contributed by atoms with van der Waals surface area (Å²) < 4.78 is 29.0. The van der Waals surface area contributed by atoms with E-state index in [1.54, 1.807) is 20.8 Å². The number of sulfonamides is 1. The van der Waals surface area contributed by atoms with E-state index in [9.17, 15) is 13.2 Å². The smallest absolute Gasteiger partial charge is 0.407 e. The number of hydrogen-bond donors (Lipinski definition) is 1. The van der Waals surface area contributed by atoms with Crippen molar-refractivity contribution in [3.05, 3.63) is 0 Å². The van der Waals surface area contributed by atoms with Crippen molar-refractivity contribution in [2.24, 2.45) is 0 Å². The fourth-order valence-corrected chi connectivity index (χ4v) is 2.51. The Labute approximate surface area is 102 Å². The van der Waals surface area contributed by atoms with Crippen molar-refractivity contribution in [2.45, 2.75) is 38.8 Å². The van der Waals surface area contributed by atoms with Gasteiger partial charge < -0.3 is 10.1 Å². The maximum Gasteiger partial charge on any atom is 0.407 e. The average molecular weight is 264 g/mol. The van der Waals surface area contributed by atoms with Crippen LogP contribution in [0.1, 0.15) is 27.2 Å². The standard InChI is InChI=1S/C10H20N2O4S/c1-10(2,3)16-9(13)11-8-5-6-12(7-8)17(4,14)15/h8H,5-7H2,1-4H3,(H,11,13)/t8-/m1/s1. The van der Waals surface area contributed by atoms with Gasteiger partial charge in [-0.2, -0.15) is 0 Å². The quantitative estimate of drug-likeness (QED) is 0.790. The summed E-state index contributed by atoms with van der Waals surface area (Å²) in [4.78, 5) is 11.5. The van der Waals surface area contributed by atoms with Crippen molar-refractivity contribution in [3.63, 3.8) is 0 Å². The Kier molecular flexibility index (Phi) is 4.03. The monoisotopic (exact) mass is 264 g/mol. The van der Waals surface area contributed by atoms with Crippen LogP contribution >= 0.6 is 0 Å². The molecule has 1 aliphatic rings. The molecule has 0 unspecified atom stereocenters. The van der Waals surface area contributed by atoms with Crippen LogP contribution in [0.25, 0.3) is 0 Å². The molecule has 1 atom stereocenters. The number of alkyl carbamates (subject to hydrolysis) is 1. The average Bonchev–Trinajstić information content (AvgIpc) is 2.47. The fraction of sp³-hybridized carbons (Fsp3) is 0.900. The predicted molar refractivity (Wildman–Crippen MR) is 64.2 cm³/mol. The largest absolute Gasteiger partial charge is 0.444 e. The molecule has 1 fully saturated rings. The molecule has 6 nitrogen and oxygen atoms in total. The highest BCUT2D eigenvalue weighted by molar-refractivity contribution is 7.88. The Hall–Kier alpha value is -0.820. The van der Waals surface area contributed by atoms with Crippen molar-refractivity contribution in [3.8, 4) is 0 Å². The number of ether oxygens (including phenoxy) is 1. The maximum absolute atomic E-state index is 11.5. The van der Waals surface area contributed by atoms with Crippen molar-refractivity contribution < 1.29 is 17.9 Å². The molecule has 100 valence electrons. The van der Waals surface area contributed by atoms with Crippen LogP contribution in [0.15, 0.2) is 0 Å². The van der Waals surface area contributed by atoms with Gasteiger partial charge in [-0.3, -0.25) is 0 Å². The van der Waals surface area contributed by atoms with Crippen LogP contribution in [0.2, 0.25) is 0 Å². The van der Waals surface area contributed by atoms with Gasteiger partial charge >= 0.3 is 6.09 Å². The molecule has 0 aliphatic carbocycles. The second-order valence-electron chi connectivity index (χ2n) is 5.25. The lowest BCUT2D eigenvalue weighted by Gasteiger charge is -2.21. The Bertz CT molecular complexity index is 386. The van der Waals surface area contributed by atoms with Gasteiger partial charge in [-0.05, 0) is 27.2 Å². The first kappa shape index (κ1) is 14.2. The van der Waals surface area contributed by atoms with Crippen LogP contribution in [0.3, 0.4) is 0 Å². The molecule has 0 aromatic rings. The van der Waals surface area contributed by atoms with E-state index >= 15 is 0 Å². The minimum absolute atomic E-state index is 0.167. The number of nitrogens with zero attached hydrogens (tertiary/aromatic N) is 1. The normalized spacial score (nSPS) is 22.5. The zero-order valence-corrected chi connectivity index (χ0v) is 11.5. The van der Waals surface area contributed by atoms with Crippen molar-refractivity contribution in [2.75, 3.05) is 19.3 Å². The highest BCUT2D eigenvalue weighted by atomic mass is 32.2. The van der Waals surface area contributed by atoms with Crippen molar-refractivity contribution >= 4 is 16.1 Å². The summed E-state index contributed by atoms with van der Waals surface area (Å²) in [5.74, 6) is 0. The summed E-state index contributed by atoms with van der Waals surface area (Å²) in [6, 6.07) is -0.167.